The molecule has 1 aromatic rings. The topological polar surface area (TPSA) is 90.5 Å². The normalized spacial score (nSPS) is 23.9. The van der Waals surface area contributed by atoms with Gasteiger partial charge in [0.2, 0.25) is 0 Å². The van der Waals surface area contributed by atoms with Gasteiger partial charge < -0.3 is 21.1 Å². The molecule has 0 radical (unpaired) electrons. The number of carbonyl (C=O) groups excluding carboxylic acids is 2. The molecule has 0 bridgehead atoms. The Balaban J connectivity index is 1.46. The first-order chi connectivity index (χ1) is 12.1. The zero-order valence-electron chi connectivity index (χ0n) is 14.5. The van der Waals surface area contributed by atoms with Crippen molar-refractivity contribution in [2.45, 2.75) is 69.6 Å². The average molecular weight is 345 g/mol. The van der Waals surface area contributed by atoms with Crippen molar-refractivity contribution in [3.63, 3.8) is 0 Å². The lowest BCUT2D eigenvalue weighted by atomic mass is 9.93. The van der Waals surface area contributed by atoms with Gasteiger partial charge in [-0.2, -0.15) is 0 Å². The number of aliphatic hydroxyl groups is 1. The van der Waals surface area contributed by atoms with Crippen LogP contribution in [-0.2, 0) is 0 Å². The number of carbonyl (C=O) groups is 2. The zero-order chi connectivity index (χ0) is 17.6. The Morgan fingerprint density at radius 1 is 0.840 bits per heavy atom. The second kappa shape index (κ2) is 8.34. The molecule has 4 N–H and O–H groups in total. The minimum Gasteiger partial charge on any atom is -0.393 e. The maximum absolute atomic E-state index is 12.2. The number of anilines is 1. The summed E-state index contributed by atoms with van der Waals surface area (Å²) in [6, 6.07) is 7.12. The van der Waals surface area contributed by atoms with Crippen LogP contribution in [0.5, 0.6) is 0 Å². The number of amides is 3. The van der Waals surface area contributed by atoms with Crippen LogP contribution in [0.1, 0.15) is 61.7 Å². The van der Waals surface area contributed by atoms with Gasteiger partial charge >= 0.3 is 6.03 Å². The number of urea groups is 1. The van der Waals surface area contributed by atoms with E-state index in [9.17, 15) is 14.7 Å². The van der Waals surface area contributed by atoms with Crippen molar-refractivity contribution >= 4 is 17.6 Å². The highest BCUT2D eigenvalue weighted by Gasteiger charge is 2.21. The summed E-state index contributed by atoms with van der Waals surface area (Å²) in [6.45, 7) is 0. The van der Waals surface area contributed by atoms with Gasteiger partial charge in [0.15, 0.2) is 0 Å². The zero-order valence-corrected chi connectivity index (χ0v) is 14.5. The smallest absolute Gasteiger partial charge is 0.319 e. The predicted octanol–water partition coefficient (Wildman–Crippen LogP) is 2.78. The lowest BCUT2D eigenvalue weighted by Gasteiger charge is -2.26. The Morgan fingerprint density at radius 2 is 1.44 bits per heavy atom. The summed E-state index contributed by atoms with van der Waals surface area (Å²) >= 11 is 0. The highest BCUT2D eigenvalue weighted by atomic mass is 16.3. The van der Waals surface area contributed by atoms with E-state index >= 15 is 0 Å². The summed E-state index contributed by atoms with van der Waals surface area (Å²) in [4.78, 5) is 24.2. The van der Waals surface area contributed by atoms with E-state index in [1.165, 1.54) is 12.8 Å². The molecule has 0 aliphatic heterocycles. The molecule has 6 heteroatoms. The van der Waals surface area contributed by atoms with E-state index in [-0.39, 0.29) is 24.1 Å². The average Bonchev–Trinajstić information content (AvgIpc) is 3.10. The number of aliphatic hydroxyl groups excluding tert-OH is 1. The van der Waals surface area contributed by atoms with E-state index in [0.29, 0.717) is 17.3 Å². The SMILES string of the molecule is O=C(Nc1ccc(C(=O)NC2CCCC2)cc1)NC1CCC(O)CC1. The summed E-state index contributed by atoms with van der Waals surface area (Å²) in [5, 5.41) is 18.3. The largest absolute Gasteiger partial charge is 0.393 e. The third kappa shape index (κ3) is 5.19. The van der Waals surface area contributed by atoms with Gasteiger partial charge in [0.1, 0.15) is 0 Å². The molecule has 6 nitrogen and oxygen atoms in total. The molecule has 2 fully saturated rings. The maximum Gasteiger partial charge on any atom is 0.319 e. The van der Waals surface area contributed by atoms with Crippen LogP contribution in [0.3, 0.4) is 0 Å². The van der Waals surface area contributed by atoms with Gasteiger partial charge in [-0.05, 0) is 62.8 Å². The lowest BCUT2D eigenvalue weighted by Crippen LogP contribution is -2.40. The van der Waals surface area contributed by atoms with Crippen molar-refractivity contribution in [1.82, 2.24) is 10.6 Å². The van der Waals surface area contributed by atoms with Crippen LogP contribution in [0.4, 0.5) is 10.5 Å². The minimum absolute atomic E-state index is 0.0522. The van der Waals surface area contributed by atoms with Crippen molar-refractivity contribution < 1.29 is 14.7 Å². The van der Waals surface area contributed by atoms with E-state index in [4.69, 9.17) is 0 Å². The quantitative estimate of drug-likeness (QED) is 0.676. The van der Waals surface area contributed by atoms with E-state index in [1.807, 2.05) is 0 Å². The molecule has 25 heavy (non-hydrogen) atoms. The molecule has 0 saturated heterocycles. The van der Waals surface area contributed by atoms with E-state index < -0.39 is 0 Å². The van der Waals surface area contributed by atoms with Crippen molar-refractivity contribution in [3.8, 4) is 0 Å². The molecule has 0 unspecified atom stereocenters. The molecule has 0 atom stereocenters. The van der Waals surface area contributed by atoms with E-state index in [1.54, 1.807) is 24.3 Å². The molecule has 0 aromatic heterocycles. The minimum atomic E-state index is -0.246. The van der Waals surface area contributed by atoms with Gasteiger partial charge in [-0.25, -0.2) is 4.79 Å². The summed E-state index contributed by atoms with van der Waals surface area (Å²) in [5.74, 6) is -0.0522. The fourth-order valence-corrected chi connectivity index (χ4v) is 3.62. The summed E-state index contributed by atoms with van der Waals surface area (Å²) in [5.41, 5.74) is 1.27. The molecule has 3 rings (SSSR count). The second-order valence-corrected chi connectivity index (χ2v) is 7.14. The molecular formula is C19H27N3O3. The number of nitrogens with one attached hydrogen (secondary N) is 3. The number of rotatable bonds is 4. The standard InChI is InChI=1S/C19H27N3O3/c23-17-11-9-16(10-12-17)22-19(25)21-15-7-5-13(6-8-15)18(24)20-14-3-1-2-4-14/h5-8,14,16-17,23H,1-4,9-12H2,(H,20,24)(H2,21,22,25). The summed E-state index contributed by atoms with van der Waals surface area (Å²) in [7, 11) is 0. The fraction of sp³-hybridized carbons (Fsp3) is 0.579. The molecular weight excluding hydrogens is 318 g/mol. The van der Waals surface area contributed by atoms with Crippen LogP contribution in [0.15, 0.2) is 24.3 Å². The van der Waals surface area contributed by atoms with Crippen molar-refractivity contribution in [2.75, 3.05) is 5.32 Å². The molecule has 136 valence electrons. The van der Waals surface area contributed by atoms with E-state index in [0.717, 1.165) is 38.5 Å². The second-order valence-electron chi connectivity index (χ2n) is 7.14. The van der Waals surface area contributed by atoms with Crippen LogP contribution in [0.25, 0.3) is 0 Å². The lowest BCUT2D eigenvalue weighted by molar-refractivity contribution is 0.0938. The molecule has 3 amide bonds. The van der Waals surface area contributed by atoms with Gasteiger partial charge in [-0.3, -0.25) is 4.79 Å². The van der Waals surface area contributed by atoms with Crippen LogP contribution in [0, 0.1) is 0 Å². The van der Waals surface area contributed by atoms with Crippen molar-refractivity contribution in [2.24, 2.45) is 0 Å². The first-order valence-electron chi connectivity index (χ1n) is 9.26. The Hall–Kier alpha value is -2.08. The van der Waals surface area contributed by atoms with Crippen LogP contribution in [0.2, 0.25) is 0 Å². The van der Waals surface area contributed by atoms with Crippen LogP contribution in [-0.4, -0.2) is 35.2 Å². The number of hydrogen-bond acceptors (Lipinski definition) is 3. The fourth-order valence-electron chi connectivity index (χ4n) is 3.62. The molecule has 2 saturated carbocycles. The van der Waals surface area contributed by atoms with Gasteiger partial charge in [-0.1, -0.05) is 12.8 Å². The molecule has 2 aliphatic carbocycles. The molecule has 0 heterocycles. The predicted molar refractivity (Wildman–Crippen MR) is 96.6 cm³/mol. The Labute approximate surface area is 148 Å². The van der Waals surface area contributed by atoms with Gasteiger partial charge in [0.25, 0.3) is 5.91 Å². The van der Waals surface area contributed by atoms with Crippen LogP contribution >= 0.6 is 0 Å². The Kier molecular flexibility index (Phi) is 5.91. The molecule has 0 spiro atoms. The number of hydrogen-bond donors (Lipinski definition) is 4. The third-order valence-corrected chi connectivity index (χ3v) is 5.13. The summed E-state index contributed by atoms with van der Waals surface area (Å²) in [6.07, 6.45) is 7.32. The molecule has 1 aromatic carbocycles. The van der Waals surface area contributed by atoms with Gasteiger partial charge in [0.05, 0.1) is 6.10 Å². The van der Waals surface area contributed by atoms with Crippen LogP contribution < -0.4 is 16.0 Å². The van der Waals surface area contributed by atoms with Gasteiger partial charge in [0, 0.05) is 23.3 Å². The summed E-state index contributed by atoms with van der Waals surface area (Å²) < 4.78 is 0. The number of benzene rings is 1. The highest BCUT2D eigenvalue weighted by Crippen LogP contribution is 2.19. The molecule has 2 aliphatic rings. The Morgan fingerprint density at radius 3 is 2.08 bits per heavy atom. The maximum atomic E-state index is 12.2. The van der Waals surface area contributed by atoms with Gasteiger partial charge in [-0.15, -0.1) is 0 Å². The monoisotopic (exact) mass is 345 g/mol. The van der Waals surface area contributed by atoms with Crippen molar-refractivity contribution in [1.29, 1.82) is 0 Å². The first kappa shape index (κ1) is 17.7. The van der Waals surface area contributed by atoms with E-state index in [2.05, 4.69) is 16.0 Å². The first-order valence-corrected chi connectivity index (χ1v) is 9.26. The van der Waals surface area contributed by atoms with Crippen molar-refractivity contribution in [3.05, 3.63) is 29.8 Å². The highest BCUT2D eigenvalue weighted by molar-refractivity contribution is 5.95. The third-order valence-electron chi connectivity index (χ3n) is 5.13. The Bertz CT molecular complexity index is 588.